The summed E-state index contributed by atoms with van der Waals surface area (Å²) in [7, 11) is 0. The van der Waals surface area contributed by atoms with Crippen LogP contribution in [0.3, 0.4) is 0 Å². The number of hydrogen-bond donors (Lipinski definition) is 2. The third kappa shape index (κ3) is 6.67. The second-order valence-corrected chi connectivity index (χ2v) is 10.5. The number of benzene rings is 4. The Labute approximate surface area is 261 Å². The molecule has 8 heteroatoms. The summed E-state index contributed by atoms with van der Waals surface area (Å²) < 4.78 is 21.4. The van der Waals surface area contributed by atoms with E-state index >= 15 is 0 Å². The first kappa shape index (κ1) is 31.3. The van der Waals surface area contributed by atoms with E-state index in [0.29, 0.717) is 11.5 Å². The van der Waals surface area contributed by atoms with E-state index in [9.17, 15) is 19.8 Å². The van der Waals surface area contributed by atoms with Crippen LogP contribution in [0.15, 0.2) is 122 Å². The van der Waals surface area contributed by atoms with Gasteiger partial charge in [0.2, 0.25) is 0 Å². The molecule has 0 amide bonds. The fourth-order valence-corrected chi connectivity index (χ4v) is 5.58. The van der Waals surface area contributed by atoms with Crippen LogP contribution in [0.25, 0.3) is 11.1 Å². The van der Waals surface area contributed by atoms with E-state index in [0.717, 1.165) is 45.5 Å². The molecular weight excluding hydrogens is 572 g/mol. The summed E-state index contributed by atoms with van der Waals surface area (Å²) in [6.07, 6.45) is 0.104. The molecule has 2 atom stereocenters. The molecule has 0 bridgehead atoms. The third-order valence-electron chi connectivity index (χ3n) is 7.58. The molecule has 0 radical (unpaired) electrons. The van der Waals surface area contributed by atoms with Crippen LogP contribution < -0.4 is 9.47 Å². The van der Waals surface area contributed by atoms with Crippen LogP contribution in [0.2, 0.25) is 0 Å². The second-order valence-electron chi connectivity index (χ2n) is 10.5. The molecule has 2 N–H and O–H groups in total. The average molecular weight is 607 g/mol. The number of hydrogen-bond acceptors (Lipinski definition) is 8. The summed E-state index contributed by atoms with van der Waals surface area (Å²) >= 11 is 0. The van der Waals surface area contributed by atoms with Gasteiger partial charge in [0.15, 0.2) is 0 Å². The lowest BCUT2D eigenvalue weighted by molar-refractivity contribution is -0.142. The van der Waals surface area contributed by atoms with Gasteiger partial charge in [0.25, 0.3) is 0 Å². The molecular formula is C37H34O8. The first-order valence-corrected chi connectivity index (χ1v) is 14.5. The zero-order valence-corrected chi connectivity index (χ0v) is 24.6. The zero-order chi connectivity index (χ0) is 31.8. The Kier molecular flexibility index (Phi) is 9.77. The largest absolute Gasteiger partial charge is 0.491 e. The number of esters is 2. The molecule has 0 unspecified atom stereocenters. The molecule has 0 saturated heterocycles. The molecule has 1 aliphatic rings. The number of fused-ring (bicyclic) bond motifs is 3. The van der Waals surface area contributed by atoms with Crippen LogP contribution in [0, 0.1) is 0 Å². The van der Waals surface area contributed by atoms with E-state index in [1.807, 2.05) is 72.8 Å². The lowest BCUT2D eigenvalue weighted by Crippen LogP contribution is -2.28. The number of aliphatic hydroxyl groups is 2. The highest BCUT2D eigenvalue weighted by atomic mass is 16.6. The van der Waals surface area contributed by atoms with Gasteiger partial charge in [-0.1, -0.05) is 86.0 Å². The Morgan fingerprint density at radius 2 is 0.978 bits per heavy atom. The van der Waals surface area contributed by atoms with Crippen molar-refractivity contribution < 1.29 is 38.7 Å². The van der Waals surface area contributed by atoms with Crippen LogP contribution in [-0.2, 0) is 24.5 Å². The smallest absolute Gasteiger partial charge is 0.330 e. The molecule has 0 aromatic heterocycles. The third-order valence-corrected chi connectivity index (χ3v) is 7.58. The second kappa shape index (κ2) is 14.1. The van der Waals surface area contributed by atoms with Crippen LogP contribution in [-0.4, -0.2) is 60.8 Å². The van der Waals surface area contributed by atoms with E-state index < -0.39 is 29.6 Å². The molecule has 4 aromatic carbocycles. The van der Waals surface area contributed by atoms with E-state index in [-0.39, 0.29) is 26.4 Å². The summed E-state index contributed by atoms with van der Waals surface area (Å²) in [5.74, 6) is -0.0959. The van der Waals surface area contributed by atoms with Crippen molar-refractivity contribution >= 4 is 11.9 Å². The Bertz CT molecular complexity index is 1530. The lowest BCUT2D eigenvalue weighted by Gasteiger charge is -2.34. The van der Waals surface area contributed by atoms with Crippen molar-refractivity contribution in [1.82, 2.24) is 0 Å². The van der Waals surface area contributed by atoms with E-state index in [1.54, 1.807) is 0 Å². The summed E-state index contributed by atoms with van der Waals surface area (Å²) in [4.78, 5) is 22.6. The fourth-order valence-electron chi connectivity index (χ4n) is 5.58. The Hall–Kier alpha value is -5.18. The predicted molar refractivity (Wildman–Crippen MR) is 169 cm³/mol. The van der Waals surface area contributed by atoms with Gasteiger partial charge in [-0.3, -0.25) is 0 Å². The van der Waals surface area contributed by atoms with Gasteiger partial charge >= 0.3 is 11.9 Å². The minimum atomic E-state index is -0.988. The predicted octanol–water partition coefficient (Wildman–Crippen LogP) is 4.99. The standard InChI is InChI=1S/C37H34O8/c1-3-35(40)44-23-27(38)21-42-29-17-13-25(14-18-29)37(33-11-7-5-9-31(33)32-10-6-8-12-34(32)37)26-15-19-30(20-16-26)43-22-28(39)24-45-36(41)4-2/h3-20,27-28,38-39H,1-2,21-24H2/t27-,28+. The zero-order valence-electron chi connectivity index (χ0n) is 24.6. The molecule has 0 spiro atoms. The first-order chi connectivity index (χ1) is 21.9. The van der Waals surface area contributed by atoms with Gasteiger partial charge in [0.1, 0.15) is 50.1 Å². The molecule has 0 aliphatic heterocycles. The average Bonchev–Trinajstić information content (AvgIpc) is 3.39. The highest BCUT2D eigenvalue weighted by Gasteiger charge is 2.45. The summed E-state index contributed by atoms with van der Waals surface area (Å²) in [6, 6.07) is 32.2. The van der Waals surface area contributed by atoms with Crippen LogP contribution >= 0.6 is 0 Å². The molecule has 0 saturated carbocycles. The van der Waals surface area contributed by atoms with Crippen molar-refractivity contribution in [1.29, 1.82) is 0 Å². The quantitative estimate of drug-likeness (QED) is 0.134. The van der Waals surface area contributed by atoms with E-state index in [1.165, 1.54) is 0 Å². The minimum absolute atomic E-state index is 0.0482. The molecule has 0 heterocycles. The maximum atomic E-state index is 11.3. The summed E-state index contributed by atoms with van der Waals surface area (Å²) in [5, 5.41) is 20.3. The maximum Gasteiger partial charge on any atom is 0.330 e. The maximum absolute atomic E-state index is 11.3. The van der Waals surface area contributed by atoms with Gasteiger partial charge in [0.05, 0.1) is 5.41 Å². The van der Waals surface area contributed by atoms with Crippen molar-refractivity contribution in [3.8, 4) is 22.6 Å². The van der Waals surface area contributed by atoms with Crippen LogP contribution in [0.1, 0.15) is 22.3 Å². The number of carbonyl (C=O) groups excluding carboxylic acids is 2. The molecule has 45 heavy (non-hydrogen) atoms. The number of carbonyl (C=O) groups is 2. The number of ether oxygens (including phenoxy) is 4. The Balaban J connectivity index is 1.43. The van der Waals surface area contributed by atoms with Crippen molar-refractivity contribution in [2.75, 3.05) is 26.4 Å². The van der Waals surface area contributed by atoms with Crippen molar-refractivity contribution in [2.45, 2.75) is 17.6 Å². The molecule has 0 fully saturated rings. The topological polar surface area (TPSA) is 112 Å². The fraction of sp³-hybridized carbons (Fsp3) is 0.189. The molecule has 8 nitrogen and oxygen atoms in total. The van der Waals surface area contributed by atoms with E-state index in [4.69, 9.17) is 18.9 Å². The normalized spacial score (nSPS) is 13.8. The molecule has 5 rings (SSSR count). The Morgan fingerprint density at radius 3 is 1.36 bits per heavy atom. The van der Waals surface area contributed by atoms with Gasteiger partial charge in [-0.25, -0.2) is 9.59 Å². The molecule has 4 aromatic rings. The molecule has 230 valence electrons. The highest BCUT2D eigenvalue weighted by Crippen LogP contribution is 2.56. The van der Waals surface area contributed by atoms with E-state index in [2.05, 4.69) is 37.4 Å². The van der Waals surface area contributed by atoms with Crippen molar-refractivity contribution in [3.05, 3.63) is 145 Å². The van der Waals surface area contributed by atoms with Crippen LogP contribution in [0.4, 0.5) is 0 Å². The van der Waals surface area contributed by atoms with Gasteiger partial charge in [-0.05, 0) is 57.6 Å². The van der Waals surface area contributed by atoms with Crippen LogP contribution in [0.5, 0.6) is 11.5 Å². The van der Waals surface area contributed by atoms with Gasteiger partial charge in [-0.2, -0.15) is 0 Å². The Morgan fingerprint density at radius 1 is 0.600 bits per heavy atom. The summed E-state index contributed by atoms with van der Waals surface area (Å²) in [6.45, 7) is 6.20. The number of aliphatic hydroxyl groups excluding tert-OH is 2. The monoisotopic (exact) mass is 606 g/mol. The van der Waals surface area contributed by atoms with Crippen molar-refractivity contribution in [2.24, 2.45) is 0 Å². The lowest BCUT2D eigenvalue weighted by atomic mass is 9.68. The van der Waals surface area contributed by atoms with Gasteiger partial charge < -0.3 is 29.2 Å². The minimum Gasteiger partial charge on any atom is -0.491 e. The SMILES string of the molecule is C=CC(=O)OC[C@@H](O)COc1ccc(C2(c3ccc(OC[C@@H](O)COC(=O)C=C)cc3)c3ccccc3-c3ccccc32)cc1. The van der Waals surface area contributed by atoms with Gasteiger partial charge in [-0.15, -0.1) is 0 Å². The molecule has 1 aliphatic carbocycles. The van der Waals surface area contributed by atoms with Crippen molar-refractivity contribution in [3.63, 3.8) is 0 Å². The highest BCUT2D eigenvalue weighted by molar-refractivity contribution is 5.86. The number of rotatable bonds is 14. The first-order valence-electron chi connectivity index (χ1n) is 14.5. The summed E-state index contributed by atoms with van der Waals surface area (Å²) in [5.41, 5.74) is 5.92. The van der Waals surface area contributed by atoms with Gasteiger partial charge in [0, 0.05) is 12.2 Å².